The zero-order valence-electron chi connectivity index (χ0n) is 10.1. The molecule has 4 heteroatoms. The Hall–Kier alpha value is -0.220. The van der Waals surface area contributed by atoms with Crippen molar-refractivity contribution in [2.45, 2.75) is 50.4 Å². The number of thioether (sulfide) groups is 1. The number of nitrogens with one attached hydrogen (secondary N) is 2. The Balaban J connectivity index is 2.21. The summed E-state index contributed by atoms with van der Waals surface area (Å²) in [6, 6.07) is 0.368. The van der Waals surface area contributed by atoms with Crippen molar-refractivity contribution in [3.8, 4) is 0 Å². The van der Waals surface area contributed by atoms with Crippen LogP contribution >= 0.6 is 11.8 Å². The van der Waals surface area contributed by atoms with Gasteiger partial charge in [-0.2, -0.15) is 11.8 Å². The molecule has 0 aromatic heterocycles. The molecule has 1 saturated carbocycles. The van der Waals surface area contributed by atoms with Crippen molar-refractivity contribution in [1.29, 1.82) is 0 Å². The maximum Gasteiger partial charge on any atom is 0.237 e. The van der Waals surface area contributed by atoms with Crippen molar-refractivity contribution in [2.24, 2.45) is 0 Å². The molecule has 0 heterocycles. The minimum Gasteiger partial charge on any atom is -0.352 e. The van der Waals surface area contributed by atoms with E-state index in [0.29, 0.717) is 6.04 Å². The number of rotatable bonds is 6. The van der Waals surface area contributed by atoms with Gasteiger partial charge in [-0.1, -0.05) is 0 Å². The standard InChI is InChI=1S/C11H22N2OS/c1-8(10(14)13-9-5-6-9)12-7-11(2,3)15-4/h8-9,12H,5-7H2,1-4H3,(H,13,14). The van der Waals surface area contributed by atoms with Crippen LogP contribution in [0.2, 0.25) is 0 Å². The van der Waals surface area contributed by atoms with Gasteiger partial charge in [0, 0.05) is 17.3 Å². The molecule has 1 fully saturated rings. The lowest BCUT2D eigenvalue weighted by Gasteiger charge is -2.24. The van der Waals surface area contributed by atoms with Gasteiger partial charge in [-0.3, -0.25) is 4.79 Å². The van der Waals surface area contributed by atoms with E-state index in [1.165, 1.54) is 0 Å². The van der Waals surface area contributed by atoms with E-state index < -0.39 is 0 Å². The smallest absolute Gasteiger partial charge is 0.237 e. The van der Waals surface area contributed by atoms with E-state index in [1.54, 1.807) is 0 Å². The Bertz CT molecular complexity index is 227. The molecule has 2 N–H and O–H groups in total. The molecule has 0 aromatic rings. The van der Waals surface area contributed by atoms with Crippen LogP contribution in [0.25, 0.3) is 0 Å². The van der Waals surface area contributed by atoms with Gasteiger partial charge in [-0.05, 0) is 39.9 Å². The molecule has 88 valence electrons. The highest BCUT2D eigenvalue weighted by Crippen LogP contribution is 2.20. The first-order valence-electron chi connectivity index (χ1n) is 5.53. The minimum atomic E-state index is -0.0861. The molecule has 0 radical (unpaired) electrons. The van der Waals surface area contributed by atoms with Crippen LogP contribution in [0, 0.1) is 0 Å². The SMILES string of the molecule is CSC(C)(C)CNC(C)C(=O)NC1CC1. The summed E-state index contributed by atoms with van der Waals surface area (Å²) >= 11 is 1.81. The molecular formula is C11H22N2OS. The van der Waals surface area contributed by atoms with Crippen molar-refractivity contribution >= 4 is 17.7 Å². The number of amides is 1. The summed E-state index contributed by atoms with van der Waals surface area (Å²) in [6.45, 7) is 7.13. The molecule has 3 nitrogen and oxygen atoms in total. The van der Waals surface area contributed by atoms with Gasteiger partial charge in [0.05, 0.1) is 6.04 Å². The molecule has 1 rings (SSSR count). The molecule has 0 bridgehead atoms. The van der Waals surface area contributed by atoms with E-state index in [2.05, 4.69) is 30.7 Å². The summed E-state index contributed by atoms with van der Waals surface area (Å²) in [7, 11) is 0. The number of hydrogen-bond donors (Lipinski definition) is 2. The normalized spacial score (nSPS) is 18.7. The predicted molar refractivity (Wildman–Crippen MR) is 66.2 cm³/mol. The quantitative estimate of drug-likeness (QED) is 0.724. The third-order valence-electron chi connectivity index (χ3n) is 2.70. The molecule has 1 aliphatic carbocycles. The fraction of sp³-hybridized carbons (Fsp3) is 0.909. The number of hydrogen-bond acceptors (Lipinski definition) is 3. The van der Waals surface area contributed by atoms with Crippen molar-refractivity contribution in [2.75, 3.05) is 12.8 Å². The summed E-state index contributed by atoms with van der Waals surface area (Å²) in [5.41, 5.74) is 0. The Morgan fingerprint density at radius 2 is 2.13 bits per heavy atom. The monoisotopic (exact) mass is 230 g/mol. The lowest BCUT2D eigenvalue weighted by Crippen LogP contribution is -2.46. The number of carbonyl (C=O) groups excluding carboxylic acids is 1. The highest BCUT2D eigenvalue weighted by atomic mass is 32.2. The zero-order valence-corrected chi connectivity index (χ0v) is 10.9. The van der Waals surface area contributed by atoms with Crippen LogP contribution < -0.4 is 10.6 Å². The first-order chi connectivity index (χ1) is 6.94. The highest BCUT2D eigenvalue weighted by molar-refractivity contribution is 7.99. The Labute approximate surface area is 96.8 Å². The third kappa shape index (κ3) is 4.89. The molecule has 0 spiro atoms. The predicted octanol–water partition coefficient (Wildman–Crippen LogP) is 1.38. The van der Waals surface area contributed by atoms with Gasteiger partial charge in [-0.15, -0.1) is 0 Å². The fourth-order valence-electron chi connectivity index (χ4n) is 1.12. The topological polar surface area (TPSA) is 41.1 Å². The molecule has 0 saturated heterocycles. The Morgan fingerprint density at radius 3 is 2.60 bits per heavy atom. The molecule has 1 atom stereocenters. The maximum absolute atomic E-state index is 11.6. The van der Waals surface area contributed by atoms with Crippen molar-refractivity contribution in [3.05, 3.63) is 0 Å². The molecule has 0 aliphatic heterocycles. The second kappa shape index (κ2) is 5.21. The molecule has 0 aromatic carbocycles. The van der Waals surface area contributed by atoms with Gasteiger partial charge in [0.2, 0.25) is 5.91 Å². The van der Waals surface area contributed by atoms with E-state index in [1.807, 2.05) is 18.7 Å². The first kappa shape index (κ1) is 12.8. The van der Waals surface area contributed by atoms with Gasteiger partial charge in [0.1, 0.15) is 0 Å². The summed E-state index contributed by atoms with van der Waals surface area (Å²) < 4.78 is 0.189. The summed E-state index contributed by atoms with van der Waals surface area (Å²) in [6.07, 6.45) is 4.39. The molecule has 1 amide bonds. The van der Waals surface area contributed by atoms with Crippen LogP contribution in [0.5, 0.6) is 0 Å². The molecule has 1 unspecified atom stereocenters. The first-order valence-corrected chi connectivity index (χ1v) is 6.76. The second-order valence-corrected chi connectivity index (χ2v) is 6.36. The van der Waals surface area contributed by atoms with Gasteiger partial charge < -0.3 is 10.6 Å². The maximum atomic E-state index is 11.6. The van der Waals surface area contributed by atoms with E-state index in [4.69, 9.17) is 0 Å². The average Bonchev–Trinajstić information content (AvgIpc) is 2.98. The van der Waals surface area contributed by atoms with Crippen LogP contribution in [0.1, 0.15) is 33.6 Å². The fourth-order valence-corrected chi connectivity index (χ4v) is 1.35. The summed E-state index contributed by atoms with van der Waals surface area (Å²) in [4.78, 5) is 11.6. The van der Waals surface area contributed by atoms with E-state index in [0.717, 1.165) is 19.4 Å². The van der Waals surface area contributed by atoms with E-state index >= 15 is 0 Å². The Morgan fingerprint density at radius 1 is 1.53 bits per heavy atom. The van der Waals surface area contributed by atoms with Crippen LogP contribution in [0.4, 0.5) is 0 Å². The van der Waals surface area contributed by atoms with Gasteiger partial charge in [0.25, 0.3) is 0 Å². The average molecular weight is 230 g/mol. The third-order valence-corrected chi connectivity index (χ3v) is 3.95. The van der Waals surface area contributed by atoms with Crippen molar-refractivity contribution in [1.82, 2.24) is 10.6 Å². The van der Waals surface area contributed by atoms with Crippen LogP contribution in [0.3, 0.4) is 0 Å². The Kier molecular flexibility index (Phi) is 4.46. The van der Waals surface area contributed by atoms with Gasteiger partial charge in [-0.25, -0.2) is 0 Å². The highest BCUT2D eigenvalue weighted by Gasteiger charge is 2.26. The van der Waals surface area contributed by atoms with Crippen molar-refractivity contribution < 1.29 is 4.79 Å². The van der Waals surface area contributed by atoms with Crippen LogP contribution in [0.15, 0.2) is 0 Å². The van der Waals surface area contributed by atoms with Gasteiger partial charge >= 0.3 is 0 Å². The van der Waals surface area contributed by atoms with Crippen LogP contribution in [-0.2, 0) is 4.79 Å². The van der Waals surface area contributed by atoms with E-state index in [-0.39, 0.29) is 16.7 Å². The zero-order chi connectivity index (χ0) is 11.5. The van der Waals surface area contributed by atoms with Crippen LogP contribution in [-0.4, -0.2) is 35.5 Å². The second-order valence-electron chi connectivity index (χ2n) is 4.85. The molecular weight excluding hydrogens is 208 g/mol. The number of carbonyl (C=O) groups is 1. The minimum absolute atomic E-state index is 0.0861. The molecule has 1 aliphatic rings. The molecule has 15 heavy (non-hydrogen) atoms. The lowest BCUT2D eigenvalue weighted by molar-refractivity contribution is -0.122. The largest absolute Gasteiger partial charge is 0.352 e. The van der Waals surface area contributed by atoms with Gasteiger partial charge in [0.15, 0.2) is 0 Å². The summed E-state index contributed by atoms with van der Waals surface area (Å²) in [5, 5.41) is 6.27. The summed E-state index contributed by atoms with van der Waals surface area (Å²) in [5.74, 6) is 0.134. The van der Waals surface area contributed by atoms with E-state index in [9.17, 15) is 4.79 Å². The van der Waals surface area contributed by atoms with Crippen molar-refractivity contribution in [3.63, 3.8) is 0 Å². The lowest BCUT2D eigenvalue weighted by atomic mass is 10.2.